The van der Waals surface area contributed by atoms with E-state index in [1.165, 1.54) is 11.8 Å². The molecule has 0 spiro atoms. The number of ether oxygens (including phenoxy) is 1. The molecule has 5 nitrogen and oxygen atoms in total. The summed E-state index contributed by atoms with van der Waals surface area (Å²) in [5.74, 6) is 0.805. The van der Waals surface area contributed by atoms with Crippen molar-refractivity contribution in [1.29, 1.82) is 0 Å². The molecule has 1 aromatic heterocycles. The van der Waals surface area contributed by atoms with Crippen LogP contribution in [-0.2, 0) is 10.2 Å². The molecule has 0 aliphatic rings. The molecule has 2 aromatic rings. The maximum Gasteiger partial charge on any atom is 0.277 e. The molecule has 0 aliphatic carbocycles. The van der Waals surface area contributed by atoms with Gasteiger partial charge in [0.05, 0.1) is 10.7 Å². The first kappa shape index (κ1) is 22.7. The summed E-state index contributed by atoms with van der Waals surface area (Å²) in [7, 11) is 0. The van der Waals surface area contributed by atoms with Crippen LogP contribution in [0.2, 0.25) is 0 Å². The number of benzene rings is 1. The van der Waals surface area contributed by atoms with Gasteiger partial charge in [-0.25, -0.2) is 5.43 Å². The molecular formula is C21H26Br2N2O3. The third-order valence-corrected chi connectivity index (χ3v) is 5.73. The molecule has 0 fully saturated rings. The smallest absolute Gasteiger partial charge is 0.277 e. The molecule has 152 valence electrons. The van der Waals surface area contributed by atoms with Crippen LogP contribution < -0.4 is 10.2 Å². The summed E-state index contributed by atoms with van der Waals surface area (Å²) in [5.41, 5.74) is 3.97. The van der Waals surface area contributed by atoms with Gasteiger partial charge in [-0.15, -0.1) is 0 Å². The summed E-state index contributed by atoms with van der Waals surface area (Å²) in [5, 5.41) is 3.85. The molecule has 1 amide bonds. The zero-order chi connectivity index (χ0) is 20.9. The van der Waals surface area contributed by atoms with E-state index in [-0.39, 0.29) is 23.3 Å². The third kappa shape index (κ3) is 7.09. The molecule has 1 N–H and O–H groups in total. The van der Waals surface area contributed by atoms with Gasteiger partial charge in [0, 0.05) is 6.07 Å². The first-order valence-electron chi connectivity index (χ1n) is 8.96. The van der Waals surface area contributed by atoms with Gasteiger partial charge >= 0.3 is 0 Å². The van der Waals surface area contributed by atoms with Gasteiger partial charge < -0.3 is 9.15 Å². The monoisotopic (exact) mass is 512 g/mol. The van der Waals surface area contributed by atoms with E-state index < -0.39 is 0 Å². The Morgan fingerprint density at radius 2 is 1.82 bits per heavy atom. The van der Waals surface area contributed by atoms with Crippen LogP contribution in [0, 0.1) is 5.41 Å². The first-order valence-corrected chi connectivity index (χ1v) is 10.5. The average Bonchev–Trinajstić information content (AvgIpc) is 2.89. The zero-order valence-corrected chi connectivity index (χ0v) is 20.0. The minimum Gasteiger partial charge on any atom is -0.484 e. The fourth-order valence-corrected chi connectivity index (χ4v) is 3.81. The van der Waals surface area contributed by atoms with Gasteiger partial charge in [-0.2, -0.15) is 5.10 Å². The Balaban J connectivity index is 1.84. The summed E-state index contributed by atoms with van der Waals surface area (Å²) in [6.07, 6.45) is 2.49. The molecule has 0 unspecified atom stereocenters. The zero-order valence-electron chi connectivity index (χ0n) is 16.8. The van der Waals surface area contributed by atoms with Crippen molar-refractivity contribution >= 4 is 44.0 Å². The highest BCUT2D eigenvalue weighted by atomic mass is 79.9. The second kappa shape index (κ2) is 9.27. The molecule has 1 heterocycles. The highest BCUT2D eigenvalue weighted by Gasteiger charge is 2.27. The second-order valence-corrected chi connectivity index (χ2v) is 10.1. The van der Waals surface area contributed by atoms with Crippen LogP contribution in [0.15, 0.2) is 49.0 Å². The number of nitrogens with one attached hydrogen (secondary N) is 1. The summed E-state index contributed by atoms with van der Waals surface area (Å²) < 4.78 is 12.2. The van der Waals surface area contributed by atoms with Crippen molar-refractivity contribution in [2.75, 3.05) is 6.61 Å². The van der Waals surface area contributed by atoms with Gasteiger partial charge in [0.2, 0.25) is 0 Å². The summed E-state index contributed by atoms with van der Waals surface area (Å²) in [4.78, 5) is 11.9. The largest absolute Gasteiger partial charge is 0.484 e. The maximum atomic E-state index is 11.9. The quantitative estimate of drug-likeness (QED) is 0.362. The second-order valence-electron chi connectivity index (χ2n) is 8.50. The third-order valence-electron chi connectivity index (χ3n) is 4.02. The van der Waals surface area contributed by atoms with Crippen LogP contribution in [0.5, 0.6) is 5.75 Å². The molecule has 7 heteroatoms. The molecule has 0 aliphatic heterocycles. The normalized spacial score (nSPS) is 12.4. The van der Waals surface area contributed by atoms with Crippen LogP contribution in [-0.4, -0.2) is 18.7 Å². The van der Waals surface area contributed by atoms with Crippen LogP contribution in [0.25, 0.3) is 0 Å². The van der Waals surface area contributed by atoms with Gasteiger partial charge in [-0.3, -0.25) is 4.79 Å². The number of hydrazone groups is 1. The number of carbonyl (C=O) groups is 1. The standard InChI is InChI=1S/C21H26Br2N2O3/c1-20(2,3)13-21(4,5)14-6-8-15(9-7-14)27-12-18(26)25-24-11-16-10-17(22)19(23)28-16/h6-11H,12-13H2,1-5H3,(H,25,26)/b24-11+. The summed E-state index contributed by atoms with van der Waals surface area (Å²) in [6.45, 7) is 11.1. The van der Waals surface area contributed by atoms with Crippen molar-refractivity contribution in [2.24, 2.45) is 10.5 Å². The predicted molar refractivity (Wildman–Crippen MR) is 119 cm³/mol. The summed E-state index contributed by atoms with van der Waals surface area (Å²) >= 11 is 6.55. The maximum absolute atomic E-state index is 11.9. The van der Waals surface area contributed by atoms with Gasteiger partial charge in [0.15, 0.2) is 11.3 Å². The Bertz CT molecular complexity index is 815. The number of nitrogens with zero attached hydrogens (tertiary/aromatic N) is 1. The van der Waals surface area contributed by atoms with Crippen LogP contribution >= 0.6 is 31.9 Å². The van der Waals surface area contributed by atoms with Crippen molar-refractivity contribution in [3.05, 3.63) is 50.8 Å². The lowest BCUT2D eigenvalue weighted by Crippen LogP contribution is -2.25. The van der Waals surface area contributed by atoms with E-state index in [1.54, 1.807) is 6.07 Å². The van der Waals surface area contributed by atoms with Crippen molar-refractivity contribution in [2.45, 2.75) is 46.5 Å². The number of hydrogen-bond acceptors (Lipinski definition) is 4. The average molecular weight is 514 g/mol. The minimum atomic E-state index is -0.349. The highest BCUT2D eigenvalue weighted by molar-refractivity contribution is 9.13. The number of rotatable bonds is 7. The number of hydrogen-bond donors (Lipinski definition) is 1. The lowest BCUT2D eigenvalue weighted by atomic mass is 9.72. The highest BCUT2D eigenvalue weighted by Crippen LogP contribution is 2.36. The lowest BCUT2D eigenvalue weighted by molar-refractivity contribution is -0.123. The Kier molecular flexibility index (Phi) is 7.51. The molecular weight excluding hydrogens is 488 g/mol. The molecule has 0 saturated heterocycles. The van der Waals surface area contributed by atoms with Gasteiger partial charge in [-0.05, 0) is 66.8 Å². The lowest BCUT2D eigenvalue weighted by Gasteiger charge is -2.33. The molecule has 2 rings (SSSR count). The predicted octanol–water partition coefficient (Wildman–Crippen LogP) is 6.05. The van der Waals surface area contributed by atoms with E-state index in [0.29, 0.717) is 16.2 Å². The number of amides is 1. The van der Waals surface area contributed by atoms with E-state index in [2.05, 4.69) is 89.1 Å². The van der Waals surface area contributed by atoms with E-state index in [0.717, 1.165) is 10.9 Å². The number of furan rings is 1. The number of halogens is 2. The van der Waals surface area contributed by atoms with Gasteiger partial charge in [0.1, 0.15) is 11.5 Å². The molecule has 0 atom stereocenters. The Morgan fingerprint density at radius 1 is 1.18 bits per heavy atom. The fraction of sp³-hybridized carbons (Fsp3) is 0.429. The van der Waals surface area contributed by atoms with Crippen molar-refractivity contribution in [1.82, 2.24) is 5.43 Å². The van der Waals surface area contributed by atoms with Gasteiger partial charge in [0.25, 0.3) is 5.91 Å². The van der Waals surface area contributed by atoms with E-state index in [4.69, 9.17) is 9.15 Å². The van der Waals surface area contributed by atoms with Crippen LogP contribution in [0.4, 0.5) is 0 Å². The Hall–Kier alpha value is -1.60. The van der Waals surface area contributed by atoms with E-state index in [9.17, 15) is 4.79 Å². The van der Waals surface area contributed by atoms with E-state index >= 15 is 0 Å². The molecule has 0 radical (unpaired) electrons. The summed E-state index contributed by atoms with van der Waals surface area (Å²) in [6, 6.07) is 9.65. The van der Waals surface area contributed by atoms with Gasteiger partial charge in [-0.1, -0.05) is 46.8 Å². The van der Waals surface area contributed by atoms with Crippen molar-refractivity contribution in [3.8, 4) is 5.75 Å². The van der Waals surface area contributed by atoms with Crippen LogP contribution in [0.1, 0.15) is 52.4 Å². The first-order chi connectivity index (χ1) is 13.0. The Labute approximate surface area is 183 Å². The molecule has 0 saturated carbocycles. The SMILES string of the molecule is CC(C)(C)CC(C)(C)c1ccc(OCC(=O)N/N=C/c2cc(Br)c(Br)o2)cc1. The van der Waals surface area contributed by atoms with Crippen molar-refractivity contribution < 1.29 is 13.9 Å². The van der Waals surface area contributed by atoms with Crippen molar-refractivity contribution in [3.63, 3.8) is 0 Å². The minimum absolute atomic E-state index is 0.0682. The molecule has 28 heavy (non-hydrogen) atoms. The number of carbonyl (C=O) groups excluding carboxylic acids is 1. The molecule has 0 bridgehead atoms. The fourth-order valence-electron chi connectivity index (χ4n) is 3.21. The van der Waals surface area contributed by atoms with Crippen LogP contribution in [0.3, 0.4) is 0 Å². The van der Waals surface area contributed by atoms with E-state index in [1.807, 2.05) is 12.1 Å². The Morgan fingerprint density at radius 3 is 2.36 bits per heavy atom. The topological polar surface area (TPSA) is 63.8 Å². The molecule has 1 aromatic carbocycles.